The number of ether oxygens (including phenoxy) is 1. The van der Waals surface area contributed by atoms with E-state index < -0.39 is 18.0 Å². The van der Waals surface area contributed by atoms with Crippen LogP contribution in [0.2, 0.25) is 0 Å². The van der Waals surface area contributed by atoms with Gasteiger partial charge in [0, 0.05) is 11.9 Å². The molecule has 0 radical (unpaired) electrons. The lowest BCUT2D eigenvalue weighted by Crippen LogP contribution is -2.31. The highest BCUT2D eigenvalue weighted by molar-refractivity contribution is 5.72. The molecule has 0 aromatic carbocycles. The Balaban J connectivity index is -0.000000454. The van der Waals surface area contributed by atoms with E-state index in [1.165, 1.54) is 0 Å². The molecular weight excluding hydrogens is 452 g/mol. The van der Waals surface area contributed by atoms with Gasteiger partial charge in [0.15, 0.2) is 0 Å². The number of hydrogen-bond donors (Lipinski definition) is 2. The topological polar surface area (TPSA) is 147 Å². The molecule has 8 heteroatoms. The summed E-state index contributed by atoms with van der Waals surface area (Å²) in [5.41, 5.74) is 0. The quantitative estimate of drug-likeness (QED) is 0.271. The van der Waals surface area contributed by atoms with Crippen LogP contribution in [0.25, 0.3) is 0 Å². The second-order valence-electron chi connectivity index (χ2n) is 8.93. The average molecular weight is 505 g/mol. The Labute approximate surface area is 213 Å². The van der Waals surface area contributed by atoms with Crippen LogP contribution in [0, 0.1) is 17.8 Å². The van der Waals surface area contributed by atoms with Gasteiger partial charge in [0.1, 0.15) is 12.7 Å². The van der Waals surface area contributed by atoms with Gasteiger partial charge in [-0.15, -0.1) is 0 Å². The van der Waals surface area contributed by atoms with Crippen LogP contribution in [0.15, 0.2) is 0 Å². The van der Waals surface area contributed by atoms with Crippen molar-refractivity contribution in [1.82, 2.24) is 0 Å². The number of aliphatic carboxylic acids is 2. The molecule has 0 aromatic heterocycles. The van der Waals surface area contributed by atoms with Crippen LogP contribution in [0.4, 0.5) is 0 Å². The maximum Gasteiger partial charge on any atom is 0.309 e. The fraction of sp³-hybridized carbons (Fsp3) is 0.889. The van der Waals surface area contributed by atoms with Crippen LogP contribution in [0.1, 0.15) is 119 Å². The molecule has 8 nitrogen and oxygen atoms in total. The smallest absolute Gasteiger partial charge is 0.309 e. The molecule has 2 N–H and O–H groups in total. The van der Waals surface area contributed by atoms with Crippen molar-refractivity contribution < 1.29 is 39.5 Å². The van der Waals surface area contributed by atoms with E-state index in [0.717, 1.165) is 77.0 Å². The molecule has 0 saturated heterocycles. The van der Waals surface area contributed by atoms with Crippen molar-refractivity contribution in [3.63, 3.8) is 0 Å². The number of carbonyl (C=O) groups excluding carboxylic acids is 3. The number of carbonyl (C=O) groups is 3. The summed E-state index contributed by atoms with van der Waals surface area (Å²) in [6.45, 7) is 11.5. The molecule has 0 aliphatic carbocycles. The van der Waals surface area contributed by atoms with Crippen LogP contribution < -0.4 is 10.2 Å². The van der Waals surface area contributed by atoms with Gasteiger partial charge in [-0.25, -0.2) is 0 Å². The van der Waals surface area contributed by atoms with Crippen LogP contribution in [0.3, 0.4) is 0 Å². The average Bonchev–Trinajstić information content (AvgIpc) is 2.82. The van der Waals surface area contributed by atoms with Crippen molar-refractivity contribution in [2.24, 2.45) is 17.8 Å². The Morgan fingerprint density at radius 1 is 0.629 bits per heavy atom. The zero-order chi connectivity index (χ0) is 27.6. The van der Waals surface area contributed by atoms with Gasteiger partial charge < -0.3 is 34.8 Å². The number of rotatable bonds is 18. The van der Waals surface area contributed by atoms with E-state index in [2.05, 4.69) is 0 Å². The number of carboxylic acid groups (broad SMARTS) is 2. The molecule has 0 amide bonds. The Morgan fingerprint density at radius 2 is 0.914 bits per heavy atom. The van der Waals surface area contributed by atoms with E-state index in [1.807, 2.05) is 41.5 Å². The molecule has 1 unspecified atom stereocenters. The van der Waals surface area contributed by atoms with Crippen molar-refractivity contribution in [2.75, 3.05) is 13.2 Å². The van der Waals surface area contributed by atoms with E-state index >= 15 is 0 Å². The predicted molar refractivity (Wildman–Crippen MR) is 134 cm³/mol. The Hall–Kier alpha value is -1.67. The molecule has 35 heavy (non-hydrogen) atoms. The maximum atomic E-state index is 11.5. The molecule has 0 bridgehead atoms. The lowest BCUT2D eigenvalue weighted by molar-refractivity contribution is -0.313. The summed E-state index contributed by atoms with van der Waals surface area (Å²) in [7, 11) is 0. The maximum absolute atomic E-state index is 11.5. The molecule has 0 rings (SSSR count). The normalized spacial score (nSPS) is 11.4. The van der Waals surface area contributed by atoms with Gasteiger partial charge >= 0.3 is 5.97 Å². The lowest BCUT2D eigenvalue weighted by Gasteiger charge is -2.15. The molecule has 0 spiro atoms. The zero-order valence-electron chi connectivity index (χ0n) is 23.1. The molecule has 1 atom stereocenters. The van der Waals surface area contributed by atoms with Gasteiger partial charge in [-0.1, -0.05) is 80.1 Å². The van der Waals surface area contributed by atoms with E-state index in [1.54, 1.807) is 0 Å². The molecule has 0 heterocycles. The number of carboxylic acids is 2. The fourth-order valence-electron chi connectivity index (χ4n) is 3.58. The third-order valence-corrected chi connectivity index (χ3v) is 5.45. The number of aliphatic hydroxyl groups excluding tert-OH is 2. The van der Waals surface area contributed by atoms with Gasteiger partial charge in [0.25, 0.3) is 0 Å². The minimum Gasteiger partial charge on any atom is -0.550 e. The molecule has 0 aromatic rings. The summed E-state index contributed by atoms with van der Waals surface area (Å²) in [6.07, 6.45) is 9.33. The molecule has 0 saturated carbocycles. The molecule has 0 aliphatic heterocycles. The SMILES string of the molecule is CCCC(CCC)C(=O)OCC(O)CO.CCCC(CCC)C(=O)[O-].CCCC(CCC)C(=O)[O-]. The van der Waals surface area contributed by atoms with Gasteiger partial charge in [0.05, 0.1) is 12.5 Å². The third kappa shape index (κ3) is 23.8. The van der Waals surface area contributed by atoms with Crippen molar-refractivity contribution in [3.05, 3.63) is 0 Å². The minimum absolute atomic E-state index is 0.0640. The largest absolute Gasteiger partial charge is 0.550 e. The highest BCUT2D eigenvalue weighted by atomic mass is 16.5. The zero-order valence-corrected chi connectivity index (χ0v) is 23.1. The van der Waals surface area contributed by atoms with Crippen LogP contribution in [0.5, 0.6) is 0 Å². The summed E-state index contributed by atoms with van der Waals surface area (Å²) >= 11 is 0. The van der Waals surface area contributed by atoms with Crippen molar-refractivity contribution >= 4 is 17.9 Å². The monoisotopic (exact) mass is 504 g/mol. The summed E-state index contributed by atoms with van der Waals surface area (Å²) in [4.78, 5) is 32.3. The highest BCUT2D eigenvalue weighted by Crippen LogP contribution is 2.15. The summed E-state index contributed by atoms with van der Waals surface area (Å²) in [5.74, 6) is -2.52. The van der Waals surface area contributed by atoms with Gasteiger partial charge in [-0.3, -0.25) is 4.79 Å². The van der Waals surface area contributed by atoms with Crippen LogP contribution >= 0.6 is 0 Å². The van der Waals surface area contributed by atoms with E-state index in [4.69, 9.17) is 14.9 Å². The Morgan fingerprint density at radius 3 is 1.14 bits per heavy atom. The first-order chi connectivity index (χ1) is 16.6. The van der Waals surface area contributed by atoms with Gasteiger partial charge in [-0.05, 0) is 50.4 Å². The first-order valence-electron chi connectivity index (χ1n) is 13.5. The summed E-state index contributed by atoms with van der Waals surface area (Å²) in [6, 6.07) is 0. The number of esters is 1. The van der Waals surface area contributed by atoms with Gasteiger partial charge in [0.2, 0.25) is 0 Å². The number of aliphatic hydroxyl groups is 2. The van der Waals surface area contributed by atoms with Crippen molar-refractivity contribution in [3.8, 4) is 0 Å². The van der Waals surface area contributed by atoms with Gasteiger partial charge in [-0.2, -0.15) is 0 Å². The third-order valence-electron chi connectivity index (χ3n) is 5.45. The fourth-order valence-corrected chi connectivity index (χ4v) is 3.58. The molecular formula is C27H52O8-2. The molecule has 210 valence electrons. The Kier molecular flexibility index (Phi) is 29.1. The first kappa shape index (κ1) is 37.9. The van der Waals surface area contributed by atoms with E-state index in [9.17, 15) is 24.6 Å². The first-order valence-corrected chi connectivity index (χ1v) is 13.5. The van der Waals surface area contributed by atoms with Crippen molar-refractivity contribution in [2.45, 2.75) is 125 Å². The minimum atomic E-state index is -0.960. The number of hydrogen-bond acceptors (Lipinski definition) is 8. The predicted octanol–water partition coefficient (Wildman–Crippen LogP) is 3.00. The summed E-state index contributed by atoms with van der Waals surface area (Å²) in [5, 5.41) is 38.3. The Bertz CT molecular complexity index is 465. The highest BCUT2D eigenvalue weighted by Gasteiger charge is 2.19. The van der Waals surface area contributed by atoms with Crippen molar-refractivity contribution in [1.29, 1.82) is 0 Å². The van der Waals surface area contributed by atoms with Crippen LogP contribution in [-0.2, 0) is 19.1 Å². The summed E-state index contributed by atoms with van der Waals surface area (Å²) < 4.78 is 4.91. The molecule has 0 fully saturated rings. The molecule has 0 aliphatic rings. The van der Waals surface area contributed by atoms with Crippen LogP contribution in [-0.4, -0.2) is 47.4 Å². The van der Waals surface area contributed by atoms with E-state index in [0.29, 0.717) is 0 Å². The lowest BCUT2D eigenvalue weighted by atomic mass is 9.99. The van der Waals surface area contributed by atoms with E-state index in [-0.39, 0.29) is 36.9 Å². The second-order valence-corrected chi connectivity index (χ2v) is 8.93. The second kappa shape index (κ2) is 26.9. The standard InChI is InChI=1S/C11H22O4.2C8H16O2/c1-3-5-9(6-4-2)11(14)15-8-10(13)7-12;2*1-3-5-7(6-4-2)8(9)10/h9-10,12-13H,3-8H2,1-2H3;2*7H,3-6H2,1-2H3,(H,9,10)/p-2.